The quantitative estimate of drug-likeness (QED) is 0.494. The molecule has 86 valence electrons. The number of esters is 1. The zero-order valence-corrected chi connectivity index (χ0v) is 10.0. The number of methoxy groups -OCH3 is 1. The first-order valence-corrected chi connectivity index (χ1v) is 5.46. The molecule has 0 bridgehead atoms. The van der Waals surface area contributed by atoms with Gasteiger partial charge in [0.2, 0.25) is 0 Å². The van der Waals surface area contributed by atoms with Crippen LogP contribution in [0.4, 0.5) is 0 Å². The van der Waals surface area contributed by atoms with Crippen LogP contribution in [0.15, 0.2) is 0 Å². The van der Waals surface area contributed by atoms with E-state index in [2.05, 4.69) is 25.5 Å². The maximum absolute atomic E-state index is 11.6. The predicted molar refractivity (Wildman–Crippen MR) is 57.3 cm³/mol. The van der Waals surface area contributed by atoms with Crippen molar-refractivity contribution in [3.8, 4) is 0 Å². The molecule has 0 aromatic rings. The van der Waals surface area contributed by atoms with Gasteiger partial charge in [0.05, 0.1) is 7.11 Å². The van der Waals surface area contributed by atoms with Gasteiger partial charge in [-0.15, -0.1) is 0 Å². The Morgan fingerprint density at radius 2 is 2.00 bits per heavy atom. The molecule has 0 aromatic carbocycles. The molecule has 0 heterocycles. The lowest BCUT2D eigenvalue weighted by Gasteiger charge is -2.35. The Bertz CT molecular complexity index is 255. The molecule has 3 nitrogen and oxygen atoms in total. The van der Waals surface area contributed by atoms with Gasteiger partial charge in [0.25, 0.3) is 0 Å². The fourth-order valence-electron chi connectivity index (χ4n) is 2.18. The smallest absolute Gasteiger partial charge is 0.316 e. The molecule has 0 unspecified atom stereocenters. The standard InChI is InChI=1S/C12H20O3/c1-12(2,3)8-5-6-10(13)9(7-8)11(14)15-4/h8-9H,5-7H2,1-4H3/t8-,9+/m0/s1. The molecule has 0 saturated heterocycles. The van der Waals surface area contributed by atoms with Crippen LogP contribution in [0.5, 0.6) is 0 Å². The number of Topliss-reactive ketones (excluding diaryl/α,β-unsaturated/α-hetero) is 1. The molecule has 0 aliphatic heterocycles. The summed E-state index contributed by atoms with van der Waals surface area (Å²) in [5.41, 5.74) is 0.160. The molecule has 0 amide bonds. The van der Waals surface area contributed by atoms with Crippen LogP contribution in [-0.4, -0.2) is 18.9 Å². The number of carbonyl (C=O) groups excluding carboxylic acids is 2. The molecule has 0 spiro atoms. The second-order valence-electron chi connectivity index (χ2n) is 5.38. The van der Waals surface area contributed by atoms with Crippen molar-refractivity contribution in [2.24, 2.45) is 17.3 Å². The van der Waals surface area contributed by atoms with Crippen LogP contribution in [0.1, 0.15) is 40.0 Å². The SMILES string of the molecule is COC(=O)[C@@H]1C[C@@H](C(C)(C)C)CCC1=O. The lowest BCUT2D eigenvalue weighted by atomic mass is 9.69. The second-order valence-corrected chi connectivity index (χ2v) is 5.38. The van der Waals surface area contributed by atoms with Crippen LogP contribution in [-0.2, 0) is 14.3 Å². The van der Waals surface area contributed by atoms with E-state index in [-0.39, 0.29) is 17.2 Å². The molecule has 3 heteroatoms. The van der Waals surface area contributed by atoms with Crippen molar-refractivity contribution in [2.75, 3.05) is 7.11 Å². The van der Waals surface area contributed by atoms with Crippen LogP contribution >= 0.6 is 0 Å². The summed E-state index contributed by atoms with van der Waals surface area (Å²) >= 11 is 0. The van der Waals surface area contributed by atoms with Crippen molar-refractivity contribution in [3.63, 3.8) is 0 Å². The van der Waals surface area contributed by atoms with E-state index in [1.165, 1.54) is 7.11 Å². The summed E-state index contributed by atoms with van der Waals surface area (Å²) in [6.45, 7) is 6.46. The van der Waals surface area contributed by atoms with Crippen molar-refractivity contribution >= 4 is 11.8 Å². The summed E-state index contributed by atoms with van der Waals surface area (Å²) in [4.78, 5) is 23.0. The van der Waals surface area contributed by atoms with Gasteiger partial charge >= 0.3 is 5.97 Å². The van der Waals surface area contributed by atoms with Crippen molar-refractivity contribution < 1.29 is 14.3 Å². The number of ketones is 1. The van der Waals surface area contributed by atoms with Crippen molar-refractivity contribution in [2.45, 2.75) is 40.0 Å². The summed E-state index contributed by atoms with van der Waals surface area (Å²) in [6, 6.07) is 0. The minimum atomic E-state index is -0.520. The highest BCUT2D eigenvalue weighted by atomic mass is 16.5. The van der Waals surface area contributed by atoms with Crippen LogP contribution < -0.4 is 0 Å². The van der Waals surface area contributed by atoms with Gasteiger partial charge in [0.15, 0.2) is 0 Å². The third-order valence-corrected chi connectivity index (χ3v) is 3.36. The maximum atomic E-state index is 11.6. The molecule has 15 heavy (non-hydrogen) atoms. The molecule has 0 radical (unpaired) electrons. The third-order valence-electron chi connectivity index (χ3n) is 3.36. The van der Waals surface area contributed by atoms with Gasteiger partial charge in [-0.1, -0.05) is 20.8 Å². The highest BCUT2D eigenvalue weighted by Crippen LogP contribution is 2.39. The highest BCUT2D eigenvalue weighted by Gasteiger charge is 2.38. The summed E-state index contributed by atoms with van der Waals surface area (Å²) in [6.07, 6.45) is 2.06. The van der Waals surface area contributed by atoms with Gasteiger partial charge in [0.1, 0.15) is 11.7 Å². The summed E-state index contributed by atoms with van der Waals surface area (Å²) < 4.78 is 4.66. The van der Waals surface area contributed by atoms with E-state index < -0.39 is 5.92 Å². The lowest BCUT2D eigenvalue weighted by Crippen LogP contribution is -2.36. The Morgan fingerprint density at radius 1 is 1.40 bits per heavy atom. The first kappa shape index (κ1) is 12.2. The topological polar surface area (TPSA) is 43.4 Å². The lowest BCUT2D eigenvalue weighted by molar-refractivity contribution is -0.152. The zero-order chi connectivity index (χ0) is 11.6. The minimum absolute atomic E-state index is 0.0438. The fourth-order valence-corrected chi connectivity index (χ4v) is 2.18. The summed E-state index contributed by atoms with van der Waals surface area (Å²) in [5.74, 6) is -0.413. The van der Waals surface area contributed by atoms with Crippen LogP contribution in [0, 0.1) is 17.3 Å². The molecular formula is C12H20O3. The van der Waals surface area contributed by atoms with Gasteiger partial charge in [-0.3, -0.25) is 9.59 Å². The molecule has 1 aliphatic carbocycles. The van der Waals surface area contributed by atoms with Crippen molar-refractivity contribution in [1.82, 2.24) is 0 Å². The Morgan fingerprint density at radius 3 is 2.47 bits per heavy atom. The summed E-state index contributed by atoms with van der Waals surface area (Å²) in [7, 11) is 1.34. The Balaban J connectivity index is 2.72. The number of carbonyl (C=O) groups is 2. The Hall–Kier alpha value is -0.860. The van der Waals surface area contributed by atoms with Crippen LogP contribution in [0.3, 0.4) is 0 Å². The third kappa shape index (κ3) is 2.80. The van der Waals surface area contributed by atoms with E-state index in [1.807, 2.05) is 0 Å². The van der Waals surface area contributed by atoms with Crippen LogP contribution in [0.25, 0.3) is 0 Å². The normalized spacial score (nSPS) is 27.6. The number of hydrogen-bond donors (Lipinski definition) is 0. The minimum Gasteiger partial charge on any atom is -0.468 e. The van der Waals surface area contributed by atoms with Gasteiger partial charge in [-0.05, 0) is 24.2 Å². The van der Waals surface area contributed by atoms with E-state index in [0.29, 0.717) is 18.8 Å². The Kier molecular flexibility index (Phi) is 3.53. The first-order valence-electron chi connectivity index (χ1n) is 5.46. The average molecular weight is 212 g/mol. The van der Waals surface area contributed by atoms with Gasteiger partial charge < -0.3 is 4.74 Å². The van der Waals surface area contributed by atoms with Gasteiger partial charge in [-0.25, -0.2) is 0 Å². The van der Waals surface area contributed by atoms with E-state index in [9.17, 15) is 9.59 Å². The number of ether oxygens (including phenoxy) is 1. The molecule has 0 aromatic heterocycles. The van der Waals surface area contributed by atoms with E-state index in [1.54, 1.807) is 0 Å². The first-order chi connectivity index (χ1) is 6.86. The van der Waals surface area contributed by atoms with Gasteiger partial charge in [-0.2, -0.15) is 0 Å². The molecule has 2 atom stereocenters. The van der Waals surface area contributed by atoms with E-state index in [0.717, 1.165) is 6.42 Å². The molecule has 1 aliphatic rings. The summed E-state index contributed by atoms with van der Waals surface area (Å²) in [5, 5.41) is 0. The molecule has 1 saturated carbocycles. The maximum Gasteiger partial charge on any atom is 0.316 e. The van der Waals surface area contributed by atoms with Crippen molar-refractivity contribution in [3.05, 3.63) is 0 Å². The van der Waals surface area contributed by atoms with Gasteiger partial charge in [0, 0.05) is 6.42 Å². The average Bonchev–Trinajstić information content (AvgIpc) is 2.15. The number of hydrogen-bond acceptors (Lipinski definition) is 3. The molecular weight excluding hydrogens is 192 g/mol. The predicted octanol–water partition coefficient (Wildman–Crippen LogP) is 2.19. The molecule has 0 N–H and O–H groups in total. The largest absolute Gasteiger partial charge is 0.468 e. The number of rotatable bonds is 1. The van der Waals surface area contributed by atoms with Crippen molar-refractivity contribution in [1.29, 1.82) is 0 Å². The van der Waals surface area contributed by atoms with Crippen LogP contribution in [0.2, 0.25) is 0 Å². The fraction of sp³-hybridized carbons (Fsp3) is 0.833. The Labute approximate surface area is 91.2 Å². The van der Waals surface area contributed by atoms with E-state index >= 15 is 0 Å². The second kappa shape index (κ2) is 4.33. The monoisotopic (exact) mass is 212 g/mol. The van der Waals surface area contributed by atoms with E-state index in [4.69, 9.17) is 0 Å². The molecule has 1 fully saturated rings. The zero-order valence-electron chi connectivity index (χ0n) is 10.0. The molecule has 1 rings (SSSR count). The highest BCUT2D eigenvalue weighted by molar-refractivity contribution is 5.99.